The minimum atomic E-state index is -1.55. The molecule has 0 saturated carbocycles. The van der Waals surface area contributed by atoms with E-state index in [0.717, 1.165) is 60.5 Å². The van der Waals surface area contributed by atoms with Gasteiger partial charge in [0.1, 0.15) is 18.0 Å². The molecule has 5 aliphatic rings. The molecule has 21 nitrogen and oxygen atoms in total. The number of oxime groups is 1. The number of esters is 1. The molecular formula is C33H42ClN12O9S2+. The fraction of sp³-hybridized carbons (Fsp3) is 0.515. The lowest BCUT2D eigenvalue weighted by Crippen LogP contribution is -2.70. The van der Waals surface area contributed by atoms with Gasteiger partial charge in [0, 0.05) is 61.1 Å². The summed E-state index contributed by atoms with van der Waals surface area (Å²) < 4.78 is 11.2. The van der Waals surface area contributed by atoms with Crippen molar-refractivity contribution in [1.82, 2.24) is 45.1 Å². The van der Waals surface area contributed by atoms with Crippen molar-refractivity contribution in [2.45, 2.75) is 50.1 Å². The average Bonchev–Trinajstić information content (AvgIpc) is 3.82. The maximum Gasteiger partial charge on any atom is 0.352 e. The number of thioether (sulfide) groups is 1. The number of hydrogen-bond donors (Lipinski definition) is 5. The van der Waals surface area contributed by atoms with E-state index in [-0.39, 0.29) is 44.1 Å². The van der Waals surface area contributed by atoms with Crippen molar-refractivity contribution in [3.63, 3.8) is 0 Å². The Balaban J connectivity index is 0.00000549. The number of nitrogens with one attached hydrogen (secondary N) is 2. The fourth-order valence-corrected chi connectivity index (χ4v) is 9.56. The molecule has 0 radical (unpaired) electrons. The molecule has 306 valence electrons. The third-order valence-electron chi connectivity index (χ3n) is 10.9. The minimum Gasteiger partial charge on any atom is -0.504 e. The Kier molecular flexibility index (Phi) is 11.4. The van der Waals surface area contributed by atoms with Crippen molar-refractivity contribution in [3.05, 3.63) is 39.9 Å². The summed E-state index contributed by atoms with van der Waals surface area (Å²) in [4.78, 5) is 64.0. The molecule has 0 spiro atoms. The van der Waals surface area contributed by atoms with Crippen LogP contribution in [0.2, 0.25) is 5.02 Å². The van der Waals surface area contributed by atoms with Gasteiger partial charge in [0.05, 0.1) is 43.0 Å². The molecule has 0 aliphatic carbocycles. The van der Waals surface area contributed by atoms with E-state index in [9.17, 15) is 29.4 Å². The number of phenols is 2. The van der Waals surface area contributed by atoms with Gasteiger partial charge < -0.3 is 46.1 Å². The van der Waals surface area contributed by atoms with Crippen LogP contribution in [0.1, 0.15) is 55.1 Å². The molecule has 7 heterocycles. The Bertz CT molecular complexity index is 2150. The first-order valence-electron chi connectivity index (χ1n) is 17.6. The smallest absolute Gasteiger partial charge is 0.352 e. The number of ether oxygens (including phenoxy) is 1. The van der Waals surface area contributed by atoms with Crippen LogP contribution < -0.4 is 16.4 Å². The summed E-state index contributed by atoms with van der Waals surface area (Å²) in [5, 5.41) is 40.9. The number of nitrogen functional groups attached to an aromatic ring is 1. The van der Waals surface area contributed by atoms with Crippen LogP contribution in [0.25, 0.3) is 5.70 Å². The molecule has 2 bridgehead atoms. The summed E-state index contributed by atoms with van der Waals surface area (Å²) >= 11 is 8.48. The number of fused-ring (bicyclic) bond motifs is 4. The number of benzene rings is 1. The van der Waals surface area contributed by atoms with Gasteiger partial charge >= 0.3 is 5.97 Å². The SMILES string of the molecule is COC(=O)C(C)(C)O/N=C(\C(=O)NC1C(=O)N2C(c3nnnn3C)=C(C[N+]34CCC(CNC(=O)c5ccc(O)c(O)c5Cl)(CC3)CC4)CSC12)c1nsc(N)n1.O. The molecule has 2 atom stereocenters. The van der Waals surface area contributed by atoms with Crippen molar-refractivity contribution in [2.75, 3.05) is 51.3 Å². The van der Waals surface area contributed by atoms with E-state index in [4.69, 9.17) is 26.9 Å². The van der Waals surface area contributed by atoms with Crippen molar-refractivity contribution < 1.29 is 48.9 Å². The second-order valence-electron chi connectivity index (χ2n) is 14.8. The molecule has 4 fully saturated rings. The number of methoxy groups -OCH3 is 1. The van der Waals surface area contributed by atoms with Gasteiger partial charge in [-0.2, -0.15) is 9.36 Å². The lowest BCUT2D eigenvalue weighted by Gasteiger charge is -2.56. The number of nitrogens with two attached hydrogens (primary N) is 1. The Labute approximate surface area is 338 Å². The molecule has 3 amide bonds. The number of hydrogen-bond acceptors (Lipinski definition) is 17. The van der Waals surface area contributed by atoms with Gasteiger partial charge in [-0.3, -0.25) is 19.3 Å². The van der Waals surface area contributed by atoms with Crippen LogP contribution in [0.15, 0.2) is 22.9 Å². The highest BCUT2D eigenvalue weighted by Gasteiger charge is 2.56. The first-order chi connectivity index (χ1) is 26.6. The number of carbonyl (C=O) groups excluding carboxylic acids is 4. The molecule has 8 N–H and O–H groups in total. The Hall–Kier alpha value is -5.10. The van der Waals surface area contributed by atoms with Gasteiger partial charge in [-0.15, -0.1) is 16.9 Å². The van der Waals surface area contributed by atoms with Crippen molar-refractivity contribution >= 4 is 75.1 Å². The van der Waals surface area contributed by atoms with Crippen LogP contribution in [0.3, 0.4) is 0 Å². The number of amides is 3. The number of carbonyl (C=O) groups is 4. The number of aromatic hydroxyl groups is 2. The lowest BCUT2D eigenvalue weighted by atomic mass is 9.70. The number of tetrazole rings is 1. The molecule has 5 aliphatic heterocycles. The summed E-state index contributed by atoms with van der Waals surface area (Å²) in [5.41, 5.74) is 5.46. The van der Waals surface area contributed by atoms with Crippen molar-refractivity contribution in [3.8, 4) is 11.5 Å². The number of anilines is 1. The fourth-order valence-electron chi connectivity index (χ4n) is 7.55. The molecule has 24 heteroatoms. The quantitative estimate of drug-likeness (QED) is 0.0394. The largest absolute Gasteiger partial charge is 0.504 e. The molecule has 4 saturated heterocycles. The Morgan fingerprint density at radius 3 is 2.51 bits per heavy atom. The monoisotopic (exact) mass is 849 g/mol. The molecule has 2 aromatic heterocycles. The molecule has 2 unspecified atom stereocenters. The van der Waals surface area contributed by atoms with Gasteiger partial charge in [0.15, 0.2) is 22.5 Å². The van der Waals surface area contributed by atoms with E-state index in [1.54, 1.807) is 11.9 Å². The Morgan fingerprint density at radius 2 is 1.89 bits per heavy atom. The third kappa shape index (κ3) is 7.68. The van der Waals surface area contributed by atoms with Gasteiger partial charge in [0.25, 0.3) is 17.7 Å². The van der Waals surface area contributed by atoms with E-state index < -0.39 is 46.3 Å². The highest BCUT2D eigenvalue weighted by atomic mass is 35.5. The molecule has 1 aromatic carbocycles. The number of quaternary nitrogens is 1. The maximum atomic E-state index is 14.0. The summed E-state index contributed by atoms with van der Waals surface area (Å²) in [7, 11) is 2.90. The topological polar surface area (TPSA) is 294 Å². The van der Waals surface area contributed by atoms with Gasteiger partial charge in [-0.1, -0.05) is 16.8 Å². The number of halogens is 1. The molecule has 8 rings (SSSR count). The van der Waals surface area contributed by atoms with E-state index in [1.807, 2.05) is 0 Å². The summed E-state index contributed by atoms with van der Waals surface area (Å²) in [6.07, 6.45) is 2.60. The van der Waals surface area contributed by atoms with Gasteiger partial charge in [-0.05, 0) is 36.4 Å². The van der Waals surface area contributed by atoms with Gasteiger partial charge in [-0.25, -0.2) is 9.48 Å². The van der Waals surface area contributed by atoms with Crippen LogP contribution >= 0.6 is 34.9 Å². The first-order valence-corrected chi connectivity index (χ1v) is 19.8. The zero-order valence-corrected chi connectivity index (χ0v) is 33.7. The second-order valence-corrected chi connectivity index (χ2v) is 17.1. The normalized spacial score (nSPS) is 24.3. The van der Waals surface area contributed by atoms with Crippen LogP contribution in [0, 0.1) is 5.41 Å². The van der Waals surface area contributed by atoms with E-state index >= 15 is 0 Å². The number of piperidine rings is 3. The zero-order chi connectivity index (χ0) is 40.2. The number of rotatable bonds is 12. The molecule has 57 heavy (non-hydrogen) atoms. The Morgan fingerprint density at radius 1 is 1.19 bits per heavy atom. The number of aryl methyl sites for hydroxylation is 1. The van der Waals surface area contributed by atoms with E-state index in [2.05, 4.69) is 40.7 Å². The maximum absolute atomic E-state index is 14.0. The zero-order valence-electron chi connectivity index (χ0n) is 31.3. The number of β-lactam (4-membered cyclic amide) rings is 1. The predicted molar refractivity (Wildman–Crippen MR) is 206 cm³/mol. The average molecular weight is 850 g/mol. The summed E-state index contributed by atoms with van der Waals surface area (Å²) in [6, 6.07) is 1.66. The van der Waals surface area contributed by atoms with Crippen LogP contribution in [-0.4, -0.2) is 147 Å². The third-order valence-corrected chi connectivity index (χ3v) is 13.2. The highest BCUT2D eigenvalue weighted by Crippen LogP contribution is 2.48. The summed E-state index contributed by atoms with van der Waals surface area (Å²) in [5.74, 6) is -2.42. The highest BCUT2D eigenvalue weighted by molar-refractivity contribution is 8.00. The summed E-state index contributed by atoms with van der Waals surface area (Å²) in [6.45, 7) is 6.52. The number of aromatic nitrogens is 6. The van der Waals surface area contributed by atoms with Crippen LogP contribution in [0.5, 0.6) is 11.5 Å². The first kappa shape index (κ1) is 41.5. The minimum absolute atomic E-state index is 0. The predicted octanol–water partition coefficient (Wildman–Crippen LogP) is -0.202. The number of nitrogens with zero attached hydrogens (tertiary/aromatic N) is 9. The molecular weight excluding hydrogens is 808 g/mol. The van der Waals surface area contributed by atoms with Crippen molar-refractivity contribution in [1.29, 1.82) is 0 Å². The standard InChI is InChI=1S/C33H39ClN12O8S2.H2O/c1-32(2,30(52)53-4)54-40-20(24-38-31(35)56-41-24)27(50)37-21-28(51)45-22(25-39-42-43-44(25)3)16(14-55-29(21)45)13-46-10-7-33(8-11-46,9-12-46)15-36-26(49)17-5-6-18(47)23(48)19(17)34;/h5-6,21,29H,7-15H2,1-4H3,(H5-,35,36,37,38,40,41,42,43,47,48,49,50);1H2/p+1. The lowest BCUT2D eigenvalue weighted by molar-refractivity contribution is -0.941. The van der Waals surface area contributed by atoms with Crippen molar-refractivity contribution in [2.24, 2.45) is 17.6 Å². The molecule has 3 aromatic rings. The second kappa shape index (κ2) is 15.7. The van der Waals surface area contributed by atoms with Crippen LogP contribution in [0.4, 0.5) is 5.13 Å². The number of phenolic OH excluding ortho intramolecular Hbond substituents is 2. The van der Waals surface area contributed by atoms with Crippen LogP contribution in [-0.2, 0) is 31.0 Å². The van der Waals surface area contributed by atoms with E-state index in [0.29, 0.717) is 30.4 Å². The van der Waals surface area contributed by atoms with E-state index in [1.165, 1.54) is 49.5 Å². The van der Waals surface area contributed by atoms with Gasteiger partial charge in [0.2, 0.25) is 17.1 Å².